The first-order valence-corrected chi connectivity index (χ1v) is 5.02. The van der Waals surface area contributed by atoms with Crippen molar-refractivity contribution in [2.24, 2.45) is 0 Å². The van der Waals surface area contributed by atoms with Crippen molar-refractivity contribution >= 4 is 0 Å². The summed E-state index contributed by atoms with van der Waals surface area (Å²) in [7, 11) is 2.05. The van der Waals surface area contributed by atoms with Gasteiger partial charge in [0.2, 0.25) is 0 Å². The number of hydrogen-bond donors (Lipinski definition) is 1. The lowest BCUT2D eigenvalue weighted by Crippen LogP contribution is -2.24. The minimum atomic E-state index is 0.764. The van der Waals surface area contributed by atoms with Gasteiger partial charge in [-0.25, -0.2) is 0 Å². The molecule has 0 fully saturated rings. The molecular weight excluding hydrogens is 134 g/mol. The number of hydrogen-bond acceptors (Lipinski definition) is 1. The van der Waals surface area contributed by atoms with E-state index in [2.05, 4.69) is 26.2 Å². The molecule has 0 saturated carbocycles. The zero-order valence-corrected chi connectivity index (χ0v) is 8.91. The second kappa shape index (κ2) is 12.6. The van der Waals surface area contributed by atoms with E-state index in [1.165, 1.54) is 25.7 Å². The smallest absolute Gasteiger partial charge is 0.00638 e. The van der Waals surface area contributed by atoms with Crippen molar-refractivity contribution in [2.75, 3.05) is 7.05 Å². The first kappa shape index (κ1) is 13.5. The van der Waals surface area contributed by atoms with Crippen LogP contribution in [0.3, 0.4) is 0 Å². The maximum atomic E-state index is 3.30. The van der Waals surface area contributed by atoms with E-state index in [4.69, 9.17) is 0 Å². The maximum absolute atomic E-state index is 3.30. The summed E-state index contributed by atoms with van der Waals surface area (Å²) in [5.41, 5.74) is 0. The molecule has 0 amide bonds. The van der Waals surface area contributed by atoms with Crippen LogP contribution in [0.15, 0.2) is 0 Å². The van der Waals surface area contributed by atoms with E-state index in [1.807, 2.05) is 13.8 Å². The Kier molecular flexibility index (Phi) is 15.5. The van der Waals surface area contributed by atoms with E-state index in [0.717, 1.165) is 6.04 Å². The van der Waals surface area contributed by atoms with Gasteiger partial charge in [0, 0.05) is 6.04 Å². The molecule has 0 unspecified atom stereocenters. The molecule has 0 spiro atoms. The van der Waals surface area contributed by atoms with E-state index >= 15 is 0 Å². The van der Waals surface area contributed by atoms with E-state index in [1.54, 1.807) is 0 Å². The molecule has 0 aliphatic rings. The molecule has 0 aliphatic heterocycles. The first-order chi connectivity index (χ1) is 5.35. The fourth-order valence-corrected chi connectivity index (χ4v) is 1.13. The standard InChI is InChI=1S/C8H19N.C2H6/c1-4-6-8(9-3)7-5-2;1-2/h8-9H,4-7H2,1-3H3;1-2H3. The van der Waals surface area contributed by atoms with Gasteiger partial charge in [0.1, 0.15) is 0 Å². The minimum Gasteiger partial charge on any atom is -0.317 e. The molecule has 0 aromatic carbocycles. The van der Waals surface area contributed by atoms with Gasteiger partial charge in [0.05, 0.1) is 0 Å². The highest BCUT2D eigenvalue weighted by Crippen LogP contribution is 2.02. The Hall–Kier alpha value is -0.0400. The van der Waals surface area contributed by atoms with E-state index in [9.17, 15) is 0 Å². The summed E-state index contributed by atoms with van der Waals surface area (Å²) in [5.74, 6) is 0. The molecular formula is C10H25N. The zero-order chi connectivity index (χ0) is 9.11. The van der Waals surface area contributed by atoms with Crippen molar-refractivity contribution in [2.45, 2.75) is 59.4 Å². The highest BCUT2D eigenvalue weighted by Gasteiger charge is 2.00. The molecule has 0 bridgehead atoms. The second-order valence-electron chi connectivity index (χ2n) is 2.56. The van der Waals surface area contributed by atoms with Crippen LogP contribution in [-0.4, -0.2) is 13.1 Å². The third-order valence-corrected chi connectivity index (χ3v) is 1.68. The Morgan fingerprint density at radius 1 is 1.00 bits per heavy atom. The quantitative estimate of drug-likeness (QED) is 0.649. The highest BCUT2D eigenvalue weighted by atomic mass is 14.9. The van der Waals surface area contributed by atoms with Crippen LogP contribution in [0.5, 0.6) is 0 Å². The van der Waals surface area contributed by atoms with Crippen molar-refractivity contribution in [1.82, 2.24) is 5.32 Å². The van der Waals surface area contributed by atoms with Crippen LogP contribution in [-0.2, 0) is 0 Å². The minimum absolute atomic E-state index is 0.764. The van der Waals surface area contributed by atoms with Gasteiger partial charge in [-0.15, -0.1) is 0 Å². The Labute approximate surface area is 72.6 Å². The van der Waals surface area contributed by atoms with Gasteiger partial charge in [-0.1, -0.05) is 40.5 Å². The average molecular weight is 159 g/mol. The lowest BCUT2D eigenvalue weighted by molar-refractivity contribution is 0.479. The molecule has 0 aromatic rings. The van der Waals surface area contributed by atoms with Crippen molar-refractivity contribution in [3.63, 3.8) is 0 Å². The van der Waals surface area contributed by atoms with Crippen molar-refractivity contribution in [3.05, 3.63) is 0 Å². The summed E-state index contributed by atoms with van der Waals surface area (Å²) in [6.45, 7) is 8.47. The largest absolute Gasteiger partial charge is 0.317 e. The van der Waals surface area contributed by atoms with Gasteiger partial charge < -0.3 is 5.32 Å². The summed E-state index contributed by atoms with van der Waals surface area (Å²) in [4.78, 5) is 0. The zero-order valence-electron chi connectivity index (χ0n) is 8.91. The molecule has 0 saturated heterocycles. The fraction of sp³-hybridized carbons (Fsp3) is 1.00. The highest BCUT2D eigenvalue weighted by molar-refractivity contribution is 4.61. The monoisotopic (exact) mass is 159 g/mol. The summed E-state index contributed by atoms with van der Waals surface area (Å²) < 4.78 is 0. The molecule has 11 heavy (non-hydrogen) atoms. The van der Waals surface area contributed by atoms with Crippen LogP contribution in [0.25, 0.3) is 0 Å². The predicted molar refractivity (Wildman–Crippen MR) is 54.0 cm³/mol. The van der Waals surface area contributed by atoms with Crippen molar-refractivity contribution < 1.29 is 0 Å². The van der Waals surface area contributed by atoms with Crippen LogP contribution < -0.4 is 5.32 Å². The van der Waals surface area contributed by atoms with Gasteiger partial charge in [-0.3, -0.25) is 0 Å². The average Bonchev–Trinajstić information content (AvgIpc) is 2.08. The summed E-state index contributed by atoms with van der Waals surface area (Å²) in [6.07, 6.45) is 5.24. The van der Waals surface area contributed by atoms with Crippen molar-refractivity contribution in [3.8, 4) is 0 Å². The molecule has 70 valence electrons. The van der Waals surface area contributed by atoms with Crippen LogP contribution in [0.2, 0.25) is 0 Å². The van der Waals surface area contributed by atoms with Gasteiger partial charge in [-0.2, -0.15) is 0 Å². The molecule has 0 heterocycles. The summed E-state index contributed by atoms with van der Waals surface area (Å²) >= 11 is 0. The van der Waals surface area contributed by atoms with Gasteiger partial charge in [0.15, 0.2) is 0 Å². The van der Waals surface area contributed by atoms with Crippen molar-refractivity contribution in [1.29, 1.82) is 0 Å². The Morgan fingerprint density at radius 2 is 1.36 bits per heavy atom. The topological polar surface area (TPSA) is 12.0 Å². The molecule has 1 heteroatoms. The first-order valence-electron chi connectivity index (χ1n) is 5.02. The van der Waals surface area contributed by atoms with Crippen LogP contribution >= 0.6 is 0 Å². The Bertz CT molecular complexity index is 46.8. The Morgan fingerprint density at radius 3 is 1.55 bits per heavy atom. The van der Waals surface area contributed by atoms with Crippen LogP contribution in [0.4, 0.5) is 0 Å². The predicted octanol–water partition coefficient (Wildman–Crippen LogP) is 3.20. The SMILES string of the molecule is CC.CCCC(CCC)NC. The molecule has 0 rings (SSSR count). The number of rotatable bonds is 5. The molecule has 0 radical (unpaired) electrons. The summed E-state index contributed by atoms with van der Waals surface area (Å²) in [5, 5.41) is 3.30. The van der Waals surface area contributed by atoms with Gasteiger partial charge >= 0.3 is 0 Å². The molecule has 0 aliphatic carbocycles. The fourth-order valence-electron chi connectivity index (χ4n) is 1.13. The van der Waals surface area contributed by atoms with E-state index in [0.29, 0.717) is 0 Å². The number of nitrogens with one attached hydrogen (secondary N) is 1. The van der Waals surface area contributed by atoms with Crippen LogP contribution in [0.1, 0.15) is 53.4 Å². The van der Waals surface area contributed by atoms with Gasteiger partial charge in [-0.05, 0) is 19.9 Å². The lowest BCUT2D eigenvalue weighted by atomic mass is 10.1. The second-order valence-corrected chi connectivity index (χ2v) is 2.56. The Balaban J connectivity index is 0. The molecule has 0 aromatic heterocycles. The lowest BCUT2D eigenvalue weighted by Gasteiger charge is -2.12. The van der Waals surface area contributed by atoms with E-state index < -0.39 is 0 Å². The van der Waals surface area contributed by atoms with Crippen LogP contribution in [0, 0.1) is 0 Å². The third kappa shape index (κ3) is 9.96. The normalized spacial score (nSPS) is 9.27. The summed E-state index contributed by atoms with van der Waals surface area (Å²) in [6, 6.07) is 0.764. The molecule has 0 atom stereocenters. The maximum Gasteiger partial charge on any atom is 0.00638 e. The molecule has 1 nitrogen and oxygen atoms in total. The van der Waals surface area contributed by atoms with E-state index in [-0.39, 0.29) is 0 Å². The third-order valence-electron chi connectivity index (χ3n) is 1.68. The van der Waals surface area contributed by atoms with Gasteiger partial charge in [0.25, 0.3) is 0 Å². The molecule has 1 N–H and O–H groups in total.